The fraction of sp³-hybridized carbons (Fsp3) is 0. The van der Waals surface area contributed by atoms with Crippen molar-refractivity contribution in [2.75, 3.05) is 0 Å². The van der Waals surface area contributed by atoms with Crippen LogP contribution in [0.15, 0.2) is 128 Å². The maximum Gasteiger partial charge on any atom is 0.0972 e. The molecule has 0 aliphatic carbocycles. The van der Waals surface area contributed by atoms with Gasteiger partial charge in [0.05, 0.1) is 27.9 Å². The summed E-state index contributed by atoms with van der Waals surface area (Å²) in [6.07, 6.45) is 1.83. The van der Waals surface area contributed by atoms with Gasteiger partial charge in [-0.1, -0.05) is 97.1 Å². The van der Waals surface area contributed by atoms with E-state index in [1.807, 2.05) is 23.6 Å². The van der Waals surface area contributed by atoms with Crippen molar-refractivity contribution in [1.29, 1.82) is 0 Å². The Morgan fingerprint density at radius 1 is 0.488 bits per heavy atom. The molecule has 0 aliphatic heterocycles. The zero-order valence-electron chi connectivity index (χ0n) is 21.9. The summed E-state index contributed by atoms with van der Waals surface area (Å²) in [6.45, 7) is 0. The Kier molecular flexibility index (Phi) is 4.77. The molecule has 0 aliphatic rings. The number of aromatic nitrogens is 3. The van der Waals surface area contributed by atoms with E-state index >= 15 is 0 Å². The van der Waals surface area contributed by atoms with Gasteiger partial charge in [0, 0.05) is 59.0 Å². The Hall–Kier alpha value is -5.19. The smallest absolute Gasteiger partial charge is 0.0972 e. The lowest BCUT2D eigenvalue weighted by Crippen LogP contribution is -1.91. The molecule has 0 bridgehead atoms. The van der Waals surface area contributed by atoms with Gasteiger partial charge >= 0.3 is 0 Å². The van der Waals surface area contributed by atoms with Gasteiger partial charge in [-0.2, -0.15) is 0 Å². The summed E-state index contributed by atoms with van der Waals surface area (Å²) in [4.78, 5) is 14.9. The molecule has 41 heavy (non-hydrogen) atoms. The minimum Gasteiger partial charge on any atom is -0.254 e. The van der Waals surface area contributed by atoms with Gasteiger partial charge in [0.1, 0.15) is 0 Å². The summed E-state index contributed by atoms with van der Waals surface area (Å²) in [7, 11) is 0. The number of thiophene rings is 1. The lowest BCUT2D eigenvalue weighted by Gasteiger charge is -2.12. The Bertz CT molecular complexity index is 2480. The first-order valence-corrected chi connectivity index (χ1v) is 14.5. The third-order valence-corrected chi connectivity index (χ3v) is 9.30. The number of nitrogens with zero attached hydrogens (tertiary/aromatic N) is 3. The average molecular weight is 540 g/mol. The first-order valence-electron chi connectivity index (χ1n) is 13.7. The van der Waals surface area contributed by atoms with Crippen LogP contribution in [0.1, 0.15) is 0 Å². The van der Waals surface area contributed by atoms with E-state index in [1.54, 1.807) is 0 Å². The highest BCUT2D eigenvalue weighted by Gasteiger charge is 2.15. The Morgan fingerprint density at radius 3 is 2.10 bits per heavy atom. The van der Waals surface area contributed by atoms with Crippen LogP contribution in [-0.4, -0.2) is 15.0 Å². The molecular formula is C37H21N3S. The molecule has 3 nitrogen and oxygen atoms in total. The minimum absolute atomic E-state index is 0.930. The third-order valence-electron chi connectivity index (χ3n) is 8.09. The lowest BCUT2D eigenvalue weighted by atomic mass is 9.98. The number of hydrogen-bond acceptors (Lipinski definition) is 4. The summed E-state index contributed by atoms with van der Waals surface area (Å²) in [5, 5.41) is 8.44. The van der Waals surface area contributed by atoms with E-state index in [9.17, 15) is 0 Å². The Morgan fingerprint density at radius 2 is 1.22 bits per heavy atom. The van der Waals surface area contributed by atoms with Gasteiger partial charge in [0.15, 0.2) is 0 Å². The minimum atomic E-state index is 0.930. The summed E-state index contributed by atoms with van der Waals surface area (Å²) in [6, 6.07) is 42.9. The molecular weight excluding hydrogens is 518 g/mol. The number of fused-ring (bicyclic) bond motifs is 10. The van der Waals surface area contributed by atoms with E-state index in [4.69, 9.17) is 9.97 Å². The second kappa shape index (κ2) is 8.65. The maximum absolute atomic E-state index is 5.25. The number of benzene rings is 5. The molecule has 0 saturated carbocycles. The monoisotopic (exact) mass is 539 g/mol. The van der Waals surface area contributed by atoms with Crippen molar-refractivity contribution in [1.82, 2.24) is 15.0 Å². The number of pyridine rings is 3. The lowest BCUT2D eigenvalue weighted by molar-refractivity contribution is 1.37. The largest absolute Gasteiger partial charge is 0.254 e. The van der Waals surface area contributed by atoms with Crippen molar-refractivity contribution >= 4 is 75.0 Å². The van der Waals surface area contributed by atoms with E-state index < -0.39 is 0 Å². The molecule has 4 aromatic heterocycles. The van der Waals surface area contributed by atoms with Crippen LogP contribution in [-0.2, 0) is 0 Å². The van der Waals surface area contributed by atoms with Crippen molar-refractivity contribution in [2.45, 2.75) is 0 Å². The van der Waals surface area contributed by atoms with Crippen molar-refractivity contribution in [3.8, 4) is 22.5 Å². The van der Waals surface area contributed by atoms with Crippen LogP contribution >= 0.6 is 11.3 Å². The first-order chi connectivity index (χ1) is 20.3. The molecule has 0 fully saturated rings. The van der Waals surface area contributed by atoms with E-state index in [0.717, 1.165) is 49.8 Å². The molecule has 4 heteroatoms. The zero-order valence-corrected chi connectivity index (χ0v) is 22.7. The van der Waals surface area contributed by atoms with Crippen LogP contribution in [0.3, 0.4) is 0 Å². The second-order valence-electron chi connectivity index (χ2n) is 10.4. The van der Waals surface area contributed by atoms with Crippen molar-refractivity contribution in [3.63, 3.8) is 0 Å². The van der Waals surface area contributed by atoms with Crippen LogP contribution in [0.25, 0.3) is 86.2 Å². The highest BCUT2D eigenvalue weighted by atomic mass is 32.1. The van der Waals surface area contributed by atoms with E-state index in [-0.39, 0.29) is 0 Å². The van der Waals surface area contributed by atoms with E-state index in [1.165, 1.54) is 36.3 Å². The van der Waals surface area contributed by atoms with Gasteiger partial charge in [-0.15, -0.1) is 11.3 Å². The number of rotatable bonds is 2. The summed E-state index contributed by atoms with van der Waals surface area (Å²) in [5.74, 6) is 0. The van der Waals surface area contributed by atoms with Crippen LogP contribution in [0.4, 0.5) is 0 Å². The van der Waals surface area contributed by atoms with E-state index in [0.29, 0.717) is 0 Å². The fourth-order valence-electron chi connectivity index (χ4n) is 6.12. The van der Waals surface area contributed by atoms with Gasteiger partial charge in [-0.3, -0.25) is 4.98 Å². The first kappa shape index (κ1) is 22.6. The molecule has 0 amide bonds. The van der Waals surface area contributed by atoms with Crippen LogP contribution in [0, 0.1) is 0 Å². The van der Waals surface area contributed by atoms with Crippen LogP contribution in [0.2, 0.25) is 0 Å². The average Bonchev–Trinajstić information content (AvgIpc) is 3.43. The molecule has 0 spiro atoms. The quantitative estimate of drug-likeness (QED) is 0.205. The van der Waals surface area contributed by atoms with Crippen LogP contribution < -0.4 is 0 Å². The normalized spacial score (nSPS) is 11.9. The topological polar surface area (TPSA) is 38.7 Å². The van der Waals surface area contributed by atoms with Gasteiger partial charge < -0.3 is 0 Å². The van der Waals surface area contributed by atoms with Gasteiger partial charge in [-0.25, -0.2) is 9.97 Å². The zero-order chi connectivity index (χ0) is 26.9. The molecule has 5 aromatic carbocycles. The fourth-order valence-corrected chi connectivity index (χ4v) is 7.38. The Labute approximate surface area is 239 Å². The molecule has 0 radical (unpaired) electrons. The van der Waals surface area contributed by atoms with Crippen molar-refractivity contribution in [2.24, 2.45) is 0 Å². The summed E-state index contributed by atoms with van der Waals surface area (Å²) < 4.78 is 2.61. The molecule has 190 valence electrons. The summed E-state index contributed by atoms with van der Waals surface area (Å²) in [5.41, 5.74) is 6.99. The number of hydrogen-bond donors (Lipinski definition) is 0. The summed E-state index contributed by atoms with van der Waals surface area (Å²) >= 11 is 1.86. The predicted octanol–water partition coefficient (Wildman–Crippen LogP) is 10.2. The van der Waals surface area contributed by atoms with Gasteiger partial charge in [0.2, 0.25) is 0 Å². The van der Waals surface area contributed by atoms with Crippen LogP contribution in [0.5, 0.6) is 0 Å². The predicted molar refractivity (Wildman–Crippen MR) is 174 cm³/mol. The molecule has 0 N–H and O–H groups in total. The Balaban J connectivity index is 1.21. The van der Waals surface area contributed by atoms with E-state index in [2.05, 4.69) is 120 Å². The maximum atomic E-state index is 5.25. The third kappa shape index (κ3) is 3.41. The molecule has 4 heterocycles. The molecule has 0 atom stereocenters. The highest BCUT2D eigenvalue weighted by Crippen LogP contribution is 2.42. The van der Waals surface area contributed by atoms with Gasteiger partial charge in [-0.05, 0) is 29.7 Å². The van der Waals surface area contributed by atoms with Crippen molar-refractivity contribution in [3.05, 3.63) is 128 Å². The molecule has 0 saturated heterocycles. The standard InChI is InChI=1S/C37H21N3S/c1-2-9-28-27(8-1)33-31(20-18-29-26-7-3-4-10-32(26)41-37(29)33)40-34(28)24-13-11-22(12-14-24)30-19-17-25-16-15-23-6-5-21-38-35(23)36(25)39-30/h1-21H. The molecule has 9 aromatic rings. The van der Waals surface area contributed by atoms with Gasteiger partial charge in [0.25, 0.3) is 0 Å². The highest BCUT2D eigenvalue weighted by molar-refractivity contribution is 7.26. The molecule has 0 unspecified atom stereocenters. The van der Waals surface area contributed by atoms with Crippen molar-refractivity contribution < 1.29 is 0 Å². The second-order valence-corrected chi connectivity index (χ2v) is 11.5. The SMILES string of the molecule is c1cnc2c(c1)ccc1ccc(-c3ccc(-c4nc5ccc6c7ccccc7sc6c5c5ccccc45)cc3)nc12. The molecule has 9 rings (SSSR count).